The maximum Gasteiger partial charge on any atom is 0.122 e. The molecule has 0 N–H and O–H groups in total. The van der Waals surface area contributed by atoms with E-state index in [9.17, 15) is 0 Å². The summed E-state index contributed by atoms with van der Waals surface area (Å²) >= 11 is 0. The van der Waals surface area contributed by atoms with Crippen LogP contribution < -0.4 is 0 Å². The van der Waals surface area contributed by atoms with Gasteiger partial charge in [0.25, 0.3) is 0 Å². The summed E-state index contributed by atoms with van der Waals surface area (Å²) < 4.78 is 0. The number of allylic oxidation sites excluding steroid dienone is 2. The van der Waals surface area contributed by atoms with E-state index >= 15 is 0 Å². The van der Waals surface area contributed by atoms with Gasteiger partial charge in [0, 0.05) is 6.08 Å². The van der Waals surface area contributed by atoms with Crippen molar-refractivity contribution >= 4 is 0 Å². The number of nitrogens with zero attached hydrogens (tertiary/aromatic N) is 3. The number of hydrogen-bond donors (Lipinski definition) is 0. The summed E-state index contributed by atoms with van der Waals surface area (Å²) in [6, 6.07) is 4.81. The maximum atomic E-state index is 7.76. The molecule has 48 valence electrons. The highest BCUT2D eigenvalue weighted by Gasteiger charge is 1.76. The lowest BCUT2D eigenvalue weighted by Gasteiger charge is -1.58. The fourth-order valence-corrected chi connectivity index (χ4v) is 0.0250. The second-order valence-corrected chi connectivity index (χ2v) is 1.04. The van der Waals surface area contributed by atoms with Crippen LogP contribution >= 0.6 is 0 Å². The molecule has 0 heterocycles. The predicted octanol–water partition coefficient (Wildman–Crippen LogP) is 1.29. The van der Waals surface area contributed by atoms with E-state index in [2.05, 4.69) is 13.2 Å². The number of rotatable bonds is 0. The molecule has 0 atom stereocenters. The summed E-state index contributed by atoms with van der Waals surface area (Å²) in [5.74, 6) is 0. The van der Waals surface area contributed by atoms with Gasteiger partial charge in [-0.25, -0.2) is 0 Å². The molecular weight excluding hydrogens is 126 g/mol. The van der Waals surface area contributed by atoms with Gasteiger partial charge in [0.1, 0.15) is 17.7 Å². The van der Waals surface area contributed by atoms with Crippen LogP contribution in [0.25, 0.3) is 0 Å². The molecule has 3 nitrogen and oxygen atoms in total. The highest BCUT2D eigenvalue weighted by atomic mass is 14.3. The van der Waals surface area contributed by atoms with Gasteiger partial charge in [-0.2, -0.15) is 15.8 Å². The molecule has 0 rings (SSSR count). The van der Waals surface area contributed by atoms with Crippen LogP contribution in [0, 0.1) is 34.0 Å². The Hall–Kier alpha value is -2.05. The van der Waals surface area contributed by atoms with Crippen LogP contribution in [-0.4, -0.2) is 0 Å². The Bertz CT molecular complexity index is 215. The van der Waals surface area contributed by atoms with Crippen molar-refractivity contribution in [2.24, 2.45) is 0 Å². The van der Waals surface area contributed by atoms with E-state index in [0.717, 1.165) is 0 Å². The van der Waals surface area contributed by atoms with Crippen molar-refractivity contribution in [3.05, 3.63) is 24.8 Å². The van der Waals surface area contributed by atoms with Crippen molar-refractivity contribution in [3.8, 4) is 18.2 Å². The van der Waals surface area contributed by atoms with E-state index in [1.165, 1.54) is 6.08 Å². The Labute approximate surface area is 59.7 Å². The minimum absolute atomic E-state index is 0.0463. The van der Waals surface area contributed by atoms with E-state index in [4.69, 9.17) is 15.8 Å². The summed E-state index contributed by atoms with van der Waals surface area (Å²) in [7, 11) is 0. The Morgan fingerprint density at radius 1 is 1.20 bits per heavy atom. The molecule has 0 aromatic rings. The summed E-state index contributed by atoms with van der Waals surface area (Å²) in [5, 5.41) is 23.0. The van der Waals surface area contributed by atoms with E-state index in [-0.39, 0.29) is 5.57 Å². The summed E-state index contributed by atoms with van der Waals surface area (Å²) in [4.78, 5) is 0. The van der Waals surface area contributed by atoms with Gasteiger partial charge in [0.2, 0.25) is 0 Å². The largest absolute Gasteiger partial charge is 0.193 e. The molecule has 0 aliphatic rings. The van der Waals surface area contributed by atoms with Crippen molar-refractivity contribution < 1.29 is 0 Å². The third kappa shape index (κ3) is 16.8. The molecule has 0 spiro atoms. The summed E-state index contributed by atoms with van der Waals surface area (Å²) in [5.41, 5.74) is -0.0463. The van der Waals surface area contributed by atoms with Gasteiger partial charge in [-0.15, -0.1) is 0 Å². The first-order valence-electron chi connectivity index (χ1n) is 2.22. The Morgan fingerprint density at radius 3 is 1.50 bits per heavy atom. The highest BCUT2D eigenvalue weighted by Crippen LogP contribution is 1.75. The second-order valence-electron chi connectivity index (χ2n) is 1.04. The molecule has 0 saturated carbocycles. The van der Waals surface area contributed by atoms with Gasteiger partial charge in [-0.05, 0) is 0 Å². The summed E-state index contributed by atoms with van der Waals surface area (Å²) in [6.45, 7) is 6.19. The van der Waals surface area contributed by atoms with E-state index < -0.39 is 0 Å². The SMILES string of the molecule is C=C(C#N)C#N.C=CC#N. The van der Waals surface area contributed by atoms with Crippen LogP contribution in [-0.2, 0) is 0 Å². The van der Waals surface area contributed by atoms with Crippen LogP contribution in [0.5, 0.6) is 0 Å². The van der Waals surface area contributed by atoms with Crippen molar-refractivity contribution in [2.45, 2.75) is 0 Å². The third-order valence-electron chi connectivity index (χ3n) is 0.361. The van der Waals surface area contributed by atoms with Crippen molar-refractivity contribution in [1.82, 2.24) is 0 Å². The van der Waals surface area contributed by atoms with E-state index in [1.54, 1.807) is 18.2 Å². The molecular formula is C7H5N3. The molecule has 0 unspecified atom stereocenters. The van der Waals surface area contributed by atoms with Gasteiger partial charge in [-0.1, -0.05) is 13.2 Å². The fraction of sp³-hybridized carbons (Fsp3) is 0. The van der Waals surface area contributed by atoms with Crippen molar-refractivity contribution in [2.75, 3.05) is 0 Å². The quantitative estimate of drug-likeness (QED) is 0.465. The van der Waals surface area contributed by atoms with E-state index in [0.29, 0.717) is 0 Å². The third-order valence-corrected chi connectivity index (χ3v) is 0.361. The predicted molar refractivity (Wildman–Crippen MR) is 36.2 cm³/mol. The Balaban J connectivity index is 0. The van der Waals surface area contributed by atoms with Gasteiger partial charge < -0.3 is 0 Å². The van der Waals surface area contributed by atoms with Gasteiger partial charge in [0.15, 0.2) is 0 Å². The zero-order chi connectivity index (χ0) is 8.41. The van der Waals surface area contributed by atoms with Crippen LogP contribution in [0.3, 0.4) is 0 Å². The molecule has 0 aliphatic heterocycles. The molecule has 0 aliphatic carbocycles. The molecule has 0 radical (unpaired) electrons. The monoisotopic (exact) mass is 131 g/mol. The standard InChI is InChI=1S/C4H2N2.C3H3N/c1-4(2-5)3-6;1-2-3-4/h1H2;2H,1H2. The summed E-state index contributed by atoms with van der Waals surface area (Å²) in [6.07, 6.45) is 1.18. The zero-order valence-electron chi connectivity index (χ0n) is 5.33. The van der Waals surface area contributed by atoms with Crippen LogP contribution in [0.1, 0.15) is 0 Å². The van der Waals surface area contributed by atoms with E-state index in [1.807, 2.05) is 0 Å². The minimum atomic E-state index is -0.0463. The first-order valence-corrected chi connectivity index (χ1v) is 2.22. The second kappa shape index (κ2) is 10.0. The lowest BCUT2D eigenvalue weighted by Crippen LogP contribution is -1.58. The fourth-order valence-electron chi connectivity index (χ4n) is 0.0250. The van der Waals surface area contributed by atoms with Crippen molar-refractivity contribution in [3.63, 3.8) is 0 Å². The normalized spacial score (nSPS) is 4.50. The lowest BCUT2D eigenvalue weighted by atomic mass is 10.4. The van der Waals surface area contributed by atoms with Gasteiger partial charge in [-0.3, -0.25) is 0 Å². The smallest absolute Gasteiger partial charge is 0.122 e. The molecule has 3 heteroatoms. The molecule has 0 bridgehead atoms. The first-order chi connectivity index (χ1) is 4.72. The van der Waals surface area contributed by atoms with Crippen LogP contribution in [0.2, 0.25) is 0 Å². The number of hydrogen-bond acceptors (Lipinski definition) is 3. The highest BCUT2D eigenvalue weighted by molar-refractivity contribution is 5.31. The molecule has 0 amide bonds. The lowest BCUT2D eigenvalue weighted by molar-refractivity contribution is 1.47. The van der Waals surface area contributed by atoms with Crippen molar-refractivity contribution in [1.29, 1.82) is 15.8 Å². The average Bonchev–Trinajstić information content (AvgIpc) is 2.03. The molecule has 10 heavy (non-hydrogen) atoms. The molecule has 0 fully saturated rings. The average molecular weight is 131 g/mol. The molecule has 0 aromatic carbocycles. The topological polar surface area (TPSA) is 71.4 Å². The minimum Gasteiger partial charge on any atom is -0.193 e. The Morgan fingerprint density at radius 2 is 1.50 bits per heavy atom. The number of nitriles is 3. The Kier molecular flexibility index (Phi) is 10.9. The molecule has 0 saturated heterocycles. The van der Waals surface area contributed by atoms with Crippen LogP contribution in [0.4, 0.5) is 0 Å². The zero-order valence-corrected chi connectivity index (χ0v) is 5.33. The van der Waals surface area contributed by atoms with Crippen LogP contribution in [0.15, 0.2) is 24.8 Å². The van der Waals surface area contributed by atoms with Gasteiger partial charge >= 0.3 is 0 Å². The van der Waals surface area contributed by atoms with Gasteiger partial charge in [0.05, 0.1) is 6.07 Å². The maximum absolute atomic E-state index is 7.76. The molecule has 0 aromatic heterocycles. The first kappa shape index (κ1) is 10.8.